The van der Waals surface area contributed by atoms with Crippen LogP contribution in [0.5, 0.6) is 5.75 Å². The van der Waals surface area contributed by atoms with Crippen LogP contribution in [-0.2, 0) is 14.4 Å². The quantitative estimate of drug-likeness (QED) is 0.543. The molecule has 0 aliphatic heterocycles. The van der Waals surface area contributed by atoms with Gasteiger partial charge in [-0.25, -0.2) is 4.79 Å². The summed E-state index contributed by atoms with van der Waals surface area (Å²) >= 11 is 0. The van der Waals surface area contributed by atoms with E-state index in [1.54, 1.807) is 18.2 Å². The van der Waals surface area contributed by atoms with E-state index < -0.39 is 23.9 Å². The Labute approximate surface area is 144 Å². The number of hydrogen-bond donors (Lipinski definition) is 3. The van der Waals surface area contributed by atoms with Crippen molar-refractivity contribution in [2.45, 2.75) is 38.6 Å². The van der Waals surface area contributed by atoms with Crippen LogP contribution in [-0.4, -0.2) is 47.0 Å². The van der Waals surface area contributed by atoms with Crippen molar-refractivity contribution in [2.24, 2.45) is 0 Å². The molecular weight excluding hydrogens is 330 g/mol. The third kappa shape index (κ3) is 6.62. The Bertz CT molecular complexity index is 669. The van der Waals surface area contributed by atoms with Gasteiger partial charge in [0.2, 0.25) is 5.91 Å². The van der Waals surface area contributed by atoms with Crippen molar-refractivity contribution in [3.8, 4) is 5.75 Å². The van der Waals surface area contributed by atoms with Crippen molar-refractivity contribution in [2.75, 3.05) is 7.11 Å². The summed E-state index contributed by atoms with van der Waals surface area (Å²) < 4.78 is 5.12. The molecule has 0 aliphatic carbocycles. The largest absolute Gasteiger partial charge is 0.496 e. The van der Waals surface area contributed by atoms with Crippen LogP contribution in [0.2, 0.25) is 0 Å². The third-order valence-corrected chi connectivity index (χ3v) is 3.51. The summed E-state index contributed by atoms with van der Waals surface area (Å²) in [7, 11) is 1.44. The number of aliphatic carboxylic acids is 2. The van der Waals surface area contributed by atoms with Crippen LogP contribution in [0.1, 0.15) is 41.6 Å². The lowest BCUT2D eigenvalue weighted by molar-refractivity contribution is -0.143. The van der Waals surface area contributed by atoms with Crippen molar-refractivity contribution in [1.29, 1.82) is 0 Å². The predicted octanol–water partition coefficient (Wildman–Crippen LogP) is 1.40. The van der Waals surface area contributed by atoms with Crippen LogP contribution < -0.4 is 10.1 Å². The zero-order chi connectivity index (χ0) is 19.0. The molecule has 1 unspecified atom stereocenters. The van der Waals surface area contributed by atoms with Gasteiger partial charge in [0.05, 0.1) is 12.7 Å². The maximum Gasteiger partial charge on any atom is 0.326 e. The molecule has 0 aromatic heterocycles. The molecular formula is C17H21NO7. The van der Waals surface area contributed by atoms with Gasteiger partial charge >= 0.3 is 11.9 Å². The Kier molecular flexibility index (Phi) is 7.58. The highest BCUT2D eigenvalue weighted by Crippen LogP contribution is 2.21. The molecule has 0 fully saturated rings. The van der Waals surface area contributed by atoms with Gasteiger partial charge in [0.15, 0.2) is 5.78 Å². The molecule has 0 saturated carbocycles. The highest BCUT2D eigenvalue weighted by atomic mass is 16.5. The Hall–Kier alpha value is -2.90. The predicted molar refractivity (Wildman–Crippen MR) is 87.7 cm³/mol. The first kappa shape index (κ1) is 20.1. The molecule has 1 amide bonds. The minimum atomic E-state index is -1.32. The number of nitrogens with one attached hydrogen (secondary N) is 1. The Balaban J connectivity index is 2.63. The van der Waals surface area contributed by atoms with E-state index >= 15 is 0 Å². The summed E-state index contributed by atoms with van der Waals surface area (Å²) in [5.41, 5.74) is 1.23. The monoisotopic (exact) mass is 351 g/mol. The normalized spacial score (nSPS) is 11.4. The Morgan fingerprint density at radius 2 is 1.80 bits per heavy atom. The van der Waals surface area contributed by atoms with Gasteiger partial charge in [-0.3, -0.25) is 14.4 Å². The molecule has 3 N–H and O–H groups in total. The van der Waals surface area contributed by atoms with Gasteiger partial charge in [-0.05, 0) is 25.5 Å². The van der Waals surface area contributed by atoms with Crippen LogP contribution >= 0.6 is 0 Å². The molecule has 0 bridgehead atoms. The van der Waals surface area contributed by atoms with E-state index in [0.717, 1.165) is 5.56 Å². The van der Waals surface area contributed by atoms with E-state index in [0.29, 0.717) is 11.3 Å². The maximum absolute atomic E-state index is 12.3. The van der Waals surface area contributed by atoms with E-state index in [-0.39, 0.29) is 31.5 Å². The van der Waals surface area contributed by atoms with Crippen molar-refractivity contribution >= 4 is 23.6 Å². The van der Waals surface area contributed by atoms with Gasteiger partial charge in [-0.1, -0.05) is 11.6 Å². The lowest BCUT2D eigenvalue weighted by Gasteiger charge is -2.13. The second-order valence-electron chi connectivity index (χ2n) is 5.52. The van der Waals surface area contributed by atoms with Gasteiger partial charge in [-0.15, -0.1) is 0 Å². The summed E-state index contributed by atoms with van der Waals surface area (Å²) in [5.74, 6) is -2.99. The molecule has 8 nitrogen and oxygen atoms in total. The maximum atomic E-state index is 12.3. The Morgan fingerprint density at radius 3 is 2.36 bits per heavy atom. The van der Waals surface area contributed by atoms with Crippen LogP contribution in [0.3, 0.4) is 0 Å². The van der Waals surface area contributed by atoms with Crippen LogP contribution in [0.4, 0.5) is 0 Å². The summed E-state index contributed by atoms with van der Waals surface area (Å²) in [4.78, 5) is 45.7. The van der Waals surface area contributed by atoms with Crippen LogP contribution in [0.25, 0.3) is 0 Å². The number of rotatable bonds is 10. The summed E-state index contributed by atoms with van der Waals surface area (Å²) in [6.45, 7) is 1.82. The number of carbonyl (C=O) groups is 4. The first-order valence-corrected chi connectivity index (χ1v) is 7.66. The minimum Gasteiger partial charge on any atom is -0.496 e. The Morgan fingerprint density at radius 1 is 1.12 bits per heavy atom. The standard InChI is InChI=1S/C17H21NO7/c1-10-3-6-14(25-2)11(9-10)13(19)5-7-15(20)18-12(17(23)24)4-8-16(21)22/h3,6,9,12H,4-5,7-8H2,1-2H3,(H,18,20)(H,21,22)(H,23,24). The number of carbonyl (C=O) groups excluding carboxylic acids is 2. The van der Waals surface area contributed by atoms with Gasteiger partial charge in [0, 0.05) is 19.3 Å². The van der Waals surface area contributed by atoms with Crippen LogP contribution in [0.15, 0.2) is 18.2 Å². The zero-order valence-electron chi connectivity index (χ0n) is 14.1. The summed E-state index contributed by atoms with van der Waals surface area (Å²) in [5, 5.41) is 19.8. The molecule has 0 heterocycles. The first-order chi connectivity index (χ1) is 11.7. The molecule has 0 saturated heterocycles. The SMILES string of the molecule is COc1ccc(C)cc1C(=O)CCC(=O)NC(CCC(=O)O)C(=O)O. The number of benzene rings is 1. The van der Waals surface area contributed by atoms with Crippen molar-refractivity contribution in [3.63, 3.8) is 0 Å². The van der Waals surface area contributed by atoms with E-state index in [9.17, 15) is 19.2 Å². The molecule has 0 radical (unpaired) electrons. The van der Waals surface area contributed by atoms with Crippen molar-refractivity contribution < 1.29 is 34.1 Å². The topological polar surface area (TPSA) is 130 Å². The average molecular weight is 351 g/mol. The summed E-state index contributed by atoms with van der Waals surface area (Å²) in [6, 6.07) is 3.82. The second kappa shape index (κ2) is 9.41. The molecule has 0 aliphatic rings. The van der Waals surface area contributed by atoms with E-state index in [4.69, 9.17) is 14.9 Å². The van der Waals surface area contributed by atoms with Crippen molar-refractivity contribution in [3.05, 3.63) is 29.3 Å². The first-order valence-electron chi connectivity index (χ1n) is 7.66. The molecule has 1 rings (SSSR count). The minimum absolute atomic E-state index is 0.114. The number of aryl methyl sites for hydroxylation is 1. The fourth-order valence-electron chi connectivity index (χ4n) is 2.19. The molecule has 1 aromatic rings. The zero-order valence-corrected chi connectivity index (χ0v) is 14.1. The molecule has 1 aromatic carbocycles. The van der Waals surface area contributed by atoms with Gasteiger partial charge in [0.25, 0.3) is 0 Å². The smallest absolute Gasteiger partial charge is 0.326 e. The van der Waals surface area contributed by atoms with Gasteiger partial charge in [-0.2, -0.15) is 0 Å². The number of carboxylic acids is 2. The highest BCUT2D eigenvalue weighted by molar-refractivity contribution is 6.00. The number of methoxy groups -OCH3 is 1. The van der Waals surface area contributed by atoms with E-state index in [1.165, 1.54) is 7.11 Å². The number of carboxylic acid groups (broad SMARTS) is 2. The molecule has 8 heteroatoms. The van der Waals surface area contributed by atoms with Gasteiger partial charge < -0.3 is 20.3 Å². The second-order valence-corrected chi connectivity index (χ2v) is 5.52. The fraction of sp³-hybridized carbons (Fsp3) is 0.412. The lowest BCUT2D eigenvalue weighted by atomic mass is 10.0. The van der Waals surface area contributed by atoms with E-state index in [1.807, 2.05) is 6.92 Å². The fourth-order valence-corrected chi connectivity index (χ4v) is 2.19. The number of ether oxygens (including phenoxy) is 1. The van der Waals surface area contributed by atoms with Gasteiger partial charge in [0.1, 0.15) is 11.8 Å². The number of Topliss-reactive ketones (excluding diaryl/α,β-unsaturated/α-hetero) is 1. The summed E-state index contributed by atoms with van der Waals surface area (Å²) in [6.07, 6.45) is -0.920. The number of ketones is 1. The number of amides is 1. The average Bonchev–Trinajstić information content (AvgIpc) is 2.55. The molecule has 25 heavy (non-hydrogen) atoms. The number of hydrogen-bond acceptors (Lipinski definition) is 5. The molecule has 1 atom stereocenters. The lowest BCUT2D eigenvalue weighted by Crippen LogP contribution is -2.41. The van der Waals surface area contributed by atoms with Crippen LogP contribution in [0, 0.1) is 6.92 Å². The highest BCUT2D eigenvalue weighted by Gasteiger charge is 2.21. The van der Waals surface area contributed by atoms with E-state index in [2.05, 4.69) is 5.32 Å². The third-order valence-electron chi connectivity index (χ3n) is 3.51. The molecule has 0 spiro atoms. The van der Waals surface area contributed by atoms with Crippen molar-refractivity contribution in [1.82, 2.24) is 5.32 Å². The molecule has 136 valence electrons.